The summed E-state index contributed by atoms with van der Waals surface area (Å²) in [4.78, 5) is 0. The molecule has 1 nitrogen and oxygen atoms in total. The van der Waals surface area contributed by atoms with E-state index in [1.54, 1.807) is 0 Å². The van der Waals surface area contributed by atoms with Crippen LogP contribution in [0.3, 0.4) is 0 Å². The van der Waals surface area contributed by atoms with Crippen molar-refractivity contribution in [3.8, 4) is 0 Å². The molecule has 1 fully saturated rings. The van der Waals surface area contributed by atoms with Gasteiger partial charge in [-0.15, -0.1) is 0 Å². The average molecular weight is 256 g/mol. The molecule has 1 aromatic carbocycles. The minimum Gasteiger partial charge on any atom is -0.498 e. The number of unbranched alkanes of at least 4 members (excludes halogenated alkanes) is 1. The van der Waals surface area contributed by atoms with Crippen LogP contribution in [0, 0.1) is 11.3 Å². The molecule has 0 N–H and O–H groups in total. The van der Waals surface area contributed by atoms with Crippen LogP contribution in [0.25, 0.3) is 0 Å². The van der Waals surface area contributed by atoms with E-state index in [1.807, 2.05) is 0 Å². The molecule has 0 saturated heterocycles. The van der Waals surface area contributed by atoms with Gasteiger partial charge in [0, 0.05) is 17.3 Å². The summed E-state index contributed by atoms with van der Waals surface area (Å²) >= 11 is 0. The Morgan fingerprint density at radius 3 is 2.63 bits per heavy atom. The van der Waals surface area contributed by atoms with E-state index in [-0.39, 0.29) is 0 Å². The molecule has 1 aromatic rings. The lowest BCUT2D eigenvalue weighted by molar-refractivity contribution is 0.157. The van der Waals surface area contributed by atoms with Gasteiger partial charge in [0.15, 0.2) is 0 Å². The van der Waals surface area contributed by atoms with Gasteiger partial charge in [-0.25, -0.2) is 0 Å². The monoisotopic (exact) mass is 256 g/mol. The molecule has 0 aromatic heterocycles. The molecule has 0 spiro atoms. The Hall–Kier alpha value is -1.24. The molecule has 1 heterocycles. The van der Waals surface area contributed by atoms with E-state index in [2.05, 4.69) is 51.1 Å². The van der Waals surface area contributed by atoms with Gasteiger partial charge >= 0.3 is 0 Å². The second-order valence-electron chi connectivity index (χ2n) is 6.13. The highest BCUT2D eigenvalue weighted by Crippen LogP contribution is 2.73. The summed E-state index contributed by atoms with van der Waals surface area (Å²) in [5, 5.41) is 0. The number of rotatable bonds is 4. The van der Waals surface area contributed by atoms with Crippen molar-refractivity contribution in [2.45, 2.75) is 46.0 Å². The van der Waals surface area contributed by atoms with Gasteiger partial charge in [-0.1, -0.05) is 50.1 Å². The third kappa shape index (κ3) is 1.82. The average Bonchev–Trinajstić information content (AvgIpc) is 3.12. The van der Waals surface area contributed by atoms with Gasteiger partial charge in [0.25, 0.3) is 0 Å². The standard InChI is InChI=1S/C18H24O/c1-4-5-11-18-13(2)14(3)19-12-16(18)17(18)15-9-7-6-8-10-15/h6-10,16-17H,4-5,11-12H2,1-3H3/t16-,17-,18-/m0/s1. The normalized spacial score (nSPS) is 32.8. The van der Waals surface area contributed by atoms with E-state index >= 15 is 0 Å². The fraction of sp³-hybridized carbons (Fsp3) is 0.556. The first-order valence-corrected chi connectivity index (χ1v) is 7.57. The summed E-state index contributed by atoms with van der Waals surface area (Å²) in [5.41, 5.74) is 3.41. The van der Waals surface area contributed by atoms with Crippen LogP contribution in [0.4, 0.5) is 0 Å². The Kier molecular flexibility index (Phi) is 3.16. The van der Waals surface area contributed by atoms with E-state index < -0.39 is 0 Å². The van der Waals surface area contributed by atoms with Crippen LogP contribution in [0.15, 0.2) is 41.7 Å². The Labute approximate surface area is 116 Å². The molecule has 0 bridgehead atoms. The van der Waals surface area contributed by atoms with Crippen molar-refractivity contribution in [1.29, 1.82) is 0 Å². The maximum Gasteiger partial charge on any atom is 0.0924 e. The predicted molar refractivity (Wildman–Crippen MR) is 79.0 cm³/mol. The molecule has 1 saturated carbocycles. The van der Waals surface area contributed by atoms with Gasteiger partial charge in [0.05, 0.1) is 12.4 Å². The van der Waals surface area contributed by atoms with Gasteiger partial charge < -0.3 is 4.74 Å². The summed E-state index contributed by atoms with van der Waals surface area (Å²) in [6.45, 7) is 7.63. The second kappa shape index (κ2) is 4.70. The molecule has 3 rings (SSSR count). The highest BCUT2D eigenvalue weighted by molar-refractivity contribution is 5.43. The molecule has 1 aliphatic carbocycles. The quantitative estimate of drug-likeness (QED) is 0.744. The van der Waals surface area contributed by atoms with E-state index in [0.717, 1.165) is 6.61 Å². The Balaban J connectivity index is 1.96. The minimum absolute atomic E-state index is 0.402. The molecule has 0 amide bonds. The van der Waals surface area contributed by atoms with Crippen molar-refractivity contribution in [3.63, 3.8) is 0 Å². The summed E-state index contributed by atoms with van der Waals surface area (Å²) in [6.07, 6.45) is 3.92. The fourth-order valence-electron chi connectivity index (χ4n) is 4.11. The molecule has 3 atom stereocenters. The number of hydrogen-bond donors (Lipinski definition) is 0. The van der Waals surface area contributed by atoms with Crippen molar-refractivity contribution >= 4 is 0 Å². The molecule has 19 heavy (non-hydrogen) atoms. The summed E-state index contributed by atoms with van der Waals surface area (Å²) in [5.74, 6) is 2.55. The largest absolute Gasteiger partial charge is 0.498 e. The molecular formula is C18H24O. The number of allylic oxidation sites excluding steroid dienone is 2. The maximum absolute atomic E-state index is 5.88. The summed E-state index contributed by atoms with van der Waals surface area (Å²) < 4.78 is 5.88. The van der Waals surface area contributed by atoms with Crippen molar-refractivity contribution in [2.75, 3.05) is 6.61 Å². The van der Waals surface area contributed by atoms with E-state index in [9.17, 15) is 0 Å². The highest BCUT2D eigenvalue weighted by Gasteiger charge is 2.67. The van der Waals surface area contributed by atoms with E-state index in [0.29, 0.717) is 17.3 Å². The van der Waals surface area contributed by atoms with Crippen LogP contribution >= 0.6 is 0 Å². The topological polar surface area (TPSA) is 9.23 Å². The van der Waals surface area contributed by atoms with Crippen LogP contribution < -0.4 is 0 Å². The van der Waals surface area contributed by atoms with Gasteiger partial charge in [-0.2, -0.15) is 0 Å². The van der Waals surface area contributed by atoms with Crippen LogP contribution in [0.2, 0.25) is 0 Å². The van der Waals surface area contributed by atoms with Gasteiger partial charge in [-0.05, 0) is 31.4 Å². The highest BCUT2D eigenvalue weighted by atomic mass is 16.5. The summed E-state index contributed by atoms with van der Waals surface area (Å²) in [6, 6.07) is 11.0. The molecule has 0 radical (unpaired) electrons. The second-order valence-corrected chi connectivity index (χ2v) is 6.13. The zero-order valence-corrected chi connectivity index (χ0v) is 12.3. The first-order valence-electron chi connectivity index (χ1n) is 7.57. The Morgan fingerprint density at radius 2 is 1.95 bits per heavy atom. The van der Waals surface area contributed by atoms with Crippen molar-refractivity contribution < 1.29 is 4.74 Å². The van der Waals surface area contributed by atoms with Crippen LogP contribution in [0.5, 0.6) is 0 Å². The smallest absolute Gasteiger partial charge is 0.0924 e. The van der Waals surface area contributed by atoms with Gasteiger partial charge in [0.1, 0.15) is 0 Å². The lowest BCUT2D eigenvalue weighted by atomic mass is 9.84. The number of fused-ring (bicyclic) bond motifs is 1. The molecule has 1 aliphatic heterocycles. The third-order valence-electron chi connectivity index (χ3n) is 5.32. The fourth-order valence-corrected chi connectivity index (χ4v) is 4.11. The van der Waals surface area contributed by atoms with Crippen LogP contribution in [0.1, 0.15) is 51.5 Å². The lowest BCUT2D eigenvalue weighted by Crippen LogP contribution is -2.17. The number of benzene rings is 1. The first-order chi connectivity index (χ1) is 9.21. The van der Waals surface area contributed by atoms with Gasteiger partial charge in [0.2, 0.25) is 0 Å². The first kappa shape index (κ1) is 12.8. The summed E-state index contributed by atoms with van der Waals surface area (Å²) in [7, 11) is 0. The van der Waals surface area contributed by atoms with Crippen LogP contribution in [-0.4, -0.2) is 6.61 Å². The van der Waals surface area contributed by atoms with E-state index in [4.69, 9.17) is 4.74 Å². The number of ether oxygens (including phenoxy) is 1. The Bertz CT molecular complexity index is 488. The predicted octanol–water partition coefficient (Wildman–Crippen LogP) is 4.90. The molecule has 2 aliphatic rings. The van der Waals surface area contributed by atoms with Gasteiger partial charge in [-0.3, -0.25) is 0 Å². The zero-order chi connectivity index (χ0) is 13.5. The zero-order valence-electron chi connectivity index (χ0n) is 12.3. The Morgan fingerprint density at radius 1 is 1.21 bits per heavy atom. The van der Waals surface area contributed by atoms with Crippen molar-refractivity contribution in [2.24, 2.45) is 11.3 Å². The molecule has 0 unspecified atom stereocenters. The molecule has 1 heteroatoms. The molecule has 102 valence electrons. The van der Waals surface area contributed by atoms with Crippen molar-refractivity contribution in [1.82, 2.24) is 0 Å². The third-order valence-corrected chi connectivity index (χ3v) is 5.32. The lowest BCUT2D eigenvalue weighted by Gasteiger charge is -2.26. The van der Waals surface area contributed by atoms with Crippen LogP contribution in [-0.2, 0) is 4.74 Å². The maximum atomic E-state index is 5.88. The number of hydrogen-bond acceptors (Lipinski definition) is 1. The SMILES string of the molecule is CCCC[C@]12C(C)=C(C)OC[C@H]1[C@@H]2c1ccccc1. The molecular weight excluding hydrogens is 232 g/mol. The minimum atomic E-state index is 0.402. The van der Waals surface area contributed by atoms with E-state index in [1.165, 1.54) is 36.2 Å². The van der Waals surface area contributed by atoms with Crippen molar-refractivity contribution in [3.05, 3.63) is 47.2 Å².